The Morgan fingerprint density at radius 1 is 1.11 bits per heavy atom. The average Bonchev–Trinajstić information content (AvgIpc) is 3.14. The second kappa shape index (κ2) is 7.31. The molecular weight excluding hydrogens is 346 g/mol. The summed E-state index contributed by atoms with van der Waals surface area (Å²) in [5, 5.41) is 2.87. The summed E-state index contributed by atoms with van der Waals surface area (Å²) < 4.78 is 5.33. The van der Waals surface area contributed by atoms with Crippen LogP contribution in [0.25, 0.3) is 0 Å². The monoisotopic (exact) mass is 371 g/mol. The lowest BCUT2D eigenvalue weighted by atomic mass is 9.90. The average molecular weight is 371 g/mol. The van der Waals surface area contributed by atoms with Crippen molar-refractivity contribution in [1.82, 2.24) is 15.1 Å². The van der Waals surface area contributed by atoms with Crippen LogP contribution in [0.15, 0.2) is 30.3 Å². The summed E-state index contributed by atoms with van der Waals surface area (Å²) in [5.74, 6) is -0.0623. The van der Waals surface area contributed by atoms with Gasteiger partial charge in [0.05, 0.1) is 0 Å². The van der Waals surface area contributed by atoms with Gasteiger partial charge in [0.25, 0.3) is 5.91 Å². The van der Waals surface area contributed by atoms with E-state index in [1.807, 2.05) is 23.1 Å². The third kappa shape index (κ3) is 3.56. The molecule has 4 amide bonds. The van der Waals surface area contributed by atoms with Gasteiger partial charge >= 0.3 is 6.03 Å². The summed E-state index contributed by atoms with van der Waals surface area (Å²) in [6, 6.07) is 9.74. The molecule has 7 heteroatoms. The van der Waals surface area contributed by atoms with Crippen LogP contribution in [0, 0.1) is 5.92 Å². The largest absolute Gasteiger partial charge is 0.381 e. The molecule has 0 saturated carbocycles. The first-order valence-electron chi connectivity index (χ1n) is 9.61. The Hall–Kier alpha value is -2.41. The lowest BCUT2D eigenvalue weighted by molar-refractivity contribution is -0.135. The highest BCUT2D eigenvalue weighted by Crippen LogP contribution is 2.30. The normalized spacial score (nSPS) is 24.7. The van der Waals surface area contributed by atoms with Gasteiger partial charge in [-0.05, 0) is 12.0 Å². The van der Waals surface area contributed by atoms with Gasteiger partial charge in [0.15, 0.2) is 0 Å². The van der Waals surface area contributed by atoms with E-state index in [0.29, 0.717) is 52.1 Å². The number of hydrogen-bond donors (Lipinski definition) is 1. The van der Waals surface area contributed by atoms with Crippen molar-refractivity contribution in [3.05, 3.63) is 35.9 Å². The van der Waals surface area contributed by atoms with E-state index < -0.39 is 5.54 Å². The molecule has 3 aliphatic heterocycles. The Bertz CT molecular complexity index is 730. The molecule has 1 spiro atoms. The summed E-state index contributed by atoms with van der Waals surface area (Å²) in [6.45, 7) is 2.53. The third-order valence-electron chi connectivity index (χ3n) is 5.84. The van der Waals surface area contributed by atoms with Crippen LogP contribution in [-0.4, -0.2) is 66.0 Å². The molecule has 0 radical (unpaired) electrons. The molecule has 1 aromatic rings. The summed E-state index contributed by atoms with van der Waals surface area (Å²) in [4.78, 5) is 40.7. The van der Waals surface area contributed by atoms with Gasteiger partial charge in [-0.3, -0.25) is 14.5 Å². The van der Waals surface area contributed by atoms with Crippen molar-refractivity contribution in [3.8, 4) is 0 Å². The van der Waals surface area contributed by atoms with Crippen LogP contribution >= 0.6 is 0 Å². The zero-order valence-electron chi connectivity index (χ0n) is 15.4. The number of carbonyl (C=O) groups excluding carboxylic acids is 3. The fourth-order valence-electron chi connectivity index (χ4n) is 4.26. The predicted molar refractivity (Wildman–Crippen MR) is 97.9 cm³/mol. The van der Waals surface area contributed by atoms with E-state index in [-0.39, 0.29) is 23.8 Å². The van der Waals surface area contributed by atoms with Gasteiger partial charge < -0.3 is 15.0 Å². The third-order valence-corrected chi connectivity index (χ3v) is 5.84. The van der Waals surface area contributed by atoms with Gasteiger partial charge in [-0.15, -0.1) is 0 Å². The maximum Gasteiger partial charge on any atom is 0.325 e. The van der Waals surface area contributed by atoms with E-state index in [0.717, 1.165) is 6.42 Å². The number of carbonyl (C=O) groups is 3. The number of urea groups is 1. The molecule has 1 aromatic carbocycles. The second-order valence-electron chi connectivity index (χ2n) is 7.69. The minimum Gasteiger partial charge on any atom is -0.381 e. The van der Waals surface area contributed by atoms with Crippen LogP contribution in [0.4, 0.5) is 4.79 Å². The van der Waals surface area contributed by atoms with Crippen molar-refractivity contribution in [2.24, 2.45) is 5.92 Å². The van der Waals surface area contributed by atoms with Crippen LogP contribution in [-0.2, 0) is 20.7 Å². The van der Waals surface area contributed by atoms with Crippen LogP contribution in [0.2, 0.25) is 0 Å². The molecule has 1 unspecified atom stereocenters. The Morgan fingerprint density at radius 3 is 2.59 bits per heavy atom. The number of benzene rings is 1. The highest BCUT2D eigenvalue weighted by atomic mass is 16.5. The molecule has 144 valence electrons. The van der Waals surface area contributed by atoms with Crippen molar-refractivity contribution in [1.29, 1.82) is 0 Å². The fourth-order valence-corrected chi connectivity index (χ4v) is 4.26. The number of likely N-dealkylation sites (tertiary alicyclic amines) is 1. The van der Waals surface area contributed by atoms with Crippen molar-refractivity contribution >= 4 is 17.8 Å². The number of rotatable bonds is 5. The molecule has 4 rings (SSSR count). The Balaban J connectivity index is 1.34. The number of nitrogens with zero attached hydrogens (tertiary/aromatic N) is 2. The van der Waals surface area contributed by atoms with Crippen molar-refractivity contribution in [2.45, 2.75) is 31.2 Å². The SMILES string of the molecule is O=C1CC(CN2C(=O)NC3(CCOCC3)C2=O)CN1CCc1ccccc1. The second-order valence-corrected chi connectivity index (χ2v) is 7.69. The molecule has 3 saturated heterocycles. The first kappa shape index (κ1) is 18.0. The molecule has 7 nitrogen and oxygen atoms in total. The van der Waals surface area contributed by atoms with Gasteiger partial charge in [-0.2, -0.15) is 0 Å². The van der Waals surface area contributed by atoms with Crippen molar-refractivity contribution in [3.63, 3.8) is 0 Å². The molecule has 0 aliphatic carbocycles. The quantitative estimate of drug-likeness (QED) is 0.789. The molecular formula is C20H25N3O4. The van der Waals surface area contributed by atoms with Crippen molar-refractivity contribution < 1.29 is 19.1 Å². The van der Waals surface area contributed by atoms with Gasteiger partial charge in [0.2, 0.25) is 5.91 Å². The van der Waals surface area contributed by atoms with Crippen LogP contribution < -0.4 is 5.32 Å². The Kier molecular flexibility index (Phi) is 4.86. The van der Waals surface area contributed by atoms with Crippen LogP contribution in [0.1, 0.15) is 24.8 Å². The van der Waals surface area contributed by atoms with Gasteiger partial charge in [0, 0.05) is 58.0 Å². The molecule has 0 aromatic heterocycles. The fraction of sp³-hybridized carbons (Fsp3) is 0.550. The minimum atomic E-state index is -0.801. The Labute approximate surface area is 158 Å². The van der Waals surface area contributed by atoms with Crippen molar-refractivity contribution in [2.75, 3.05) is 32.8 Å². The standard InChI is InChI=1S/C20H25N3O4/c24-17-12-16(13-22(17)9-6-15-4-2-1-3-5-15)14-23-18(25)20(21-19(23)26)7-10-27-11-8-20/h1-5,16H,6-14H2,(H,21,26). The zero-order valence-corrected chi connectivity index (χ0v) is 15.4. The highest BCUT2D eigenvalue weighted by molar-refractivity contribution is 6.07. The van der Waals surface area contributed by atoms with Crippen LogP contribution in [0.3, 0.4) is 0 Å². The van der Waals surface area contributed by atoms with E-state index in [4.69, 9.17) is 4.74 Å². The lowest BCUT2D eigenvalue weighted by Gasteiger charge is -2.30. The summed E-state index contributed by atoms with van der Waals surface area (Å²) in [6.07, 6.45) is 2.23. The number of ether oxygens (including phenoxy) is 1. The molecule has 1 N–H and O–H groups in total. The summed E-state index contributed by atoms with van der Waals surface area (Å²) in [5.41, 5.74) is 0.398. The van der Waals surface area contributed by atoms with E-state index in [1.54, 1.807) is 0 Å². The molecule has 3 fully saturated rings. The summed E-state index contributed by atoms with van der Waals surface area (Å²) in [7, 11) is 0. The maximum absolute atomic E-state index is 12.8. The molecule has 3 aliphatic rings. The first-order valence-corrected chi connectivity index (χ1v) is 9.61. The van der Waals surface area contributed by atoms with Crippen LogP contribution in [0.5, 0.6) is 0 Å². The van der Waals surface area contributed by atoms with E-state index >= 15 is 0 Å². The lowest BCUT2D eigenvalue weighted by Crippen LogP contribution is -2.51. The molecule has 27 heavy (non-hydrogen) atoms. The van der Waals surface area contributed by atoms with Gasteiger partial charge in [-0.1, -0.05) is 30.3 Å². The maximum atomic E-state index is 12.8. The van der Waals surface area contributed by atoms with E-state index in [9.17, 15) is 14.4 Å². The van der Waals surface area contributed by atoms with Gasteiger partial charge in [0.1, 0.15) is 5.54 Å². The predicted octanol–water partition coefficient (Wildman–Crippen LogP) is 1.18. The molecule has 3 heterocycles. The summed E-state index contributed by atoms with van der Waals surface area (Å²) >= 11 is 0. The first-order chi connectivity index (χ1) is 13.1. The minimum absolute atomic E-state index is 0.00189. The number of imide groups is 1. The number of nitrogens with one attached hydrogen (secondary N) is 1. The number of hydrogen-bond acceptors (Lipinski definition) is 4. The number of amides is 4. The highest BCUT2D eigenvalue weighted by Gasteiger charge is 2.52. The van der Waals surface area contributed by atoms with E-state index in [1.165, 1.54) is 10.5 Å². The Morgan fingerprint density at radius 2 is 1.85 bits per heavy atom. The molecule has 1 atom stereocenters. The van der Waals surface area contributed by atoms with E-state index in [2.05, 4.69) is 17.4 Å². The smallest absolute Gasteiger partial charge is 0.325 e. The molecule has 0 bridgehead atoms. The topological polar surface area (TPSA) is 79.0 Å². The zero-order chi connectivity index (χ0) is 18.9. The van der Waals surface area contributed by atoms with Gasteiger partial charge in [-0.25, -0.2) is 4.79 Å².